The molecular weight excluding hydrogens is 697 g/mol. The van der Waals surface area contributed by atoms with Crippen molar-refractivity contribution in [1.82, 2.24) is 0 Å². The van der Waals surface area contributed by atoms with Gasteiger partial charge in [0.25, 0.3) is 0 Å². The molecule has 0 spiro atoms. The van der Waals surface area contributed by atoms with Gasteiger partial charge in [-0.1, -0.05) is 153 Å². The van der Waals surface area contributed by atoms with Crippen LogP contribution in [0.4, 0.5) is 0 Å². The Balaban J connectivity index is 4.09. The molecule has 2 atom stereocenters. The zero-order valence-electron chi connectivity index (χ0n) is 35.0. The number of hydrogen-bond donors (Lipinski definition) is 2. The maximum atomic E-state index is 12.6. The molecule has 0 aromatic heterocycles. The standard InChI is InChI=1S/C45H84NO7P/c1-3-5-7-9-11-13-15-17-19-21-22-23-24-26-28-30-32-34-36-38-45(47)53-44(43-52-54(48,49)51-41-39-46)42-50-40-37-35-33-31-29-27-25-20-18-16-14-12-10-8-6-4-2/h11,13,17-20,37,40,44H,3-10,12,14-16,21-36,38-39,41-43,46H2,1-2H3,(H,48,49). The summed E-state index contributed by atoms with van der Waals surface area (Å²) in [6.45, 7) is 4.20. The number of carbonyl (C=O) groups excluding carboxylic acids is 1. The van der Waals surface area contributed by atoms with E-state index in [-0.39, 0.29) is 32.3 Å². The Kier molecular flexibility index (Phi) is 41.1. The van der Waals surface area contributed by atoms with Gasteiger partial charge in [-0.2, -0.15) is 0 Å². The summed E-state index contributed by atoms with van der Waals surface area (Å²) in [5.41, 5.74) is 5.36. The highest BCUT2D eigenvalue weighted by Gasteiger charge is 2.25. The van der Waals surface area contributed by atoms with Crippen molar-refractivity contribution in [2.45, 2.75) is 206 Å². The van der Waals surface area contributed by atoms with E-state index in [0.717, 1.165) is 44.9 Å². The minimum absolute atomic E-state index is 0.0248. The number of allylic oxidation sites excluding steroid dienone is 7. The molecule has 8 nitrogen and oxygen atoms in total. The molecule has 0 saturated heterocycles. The number of phosphoric ester groups is 1. The van der Waals surface area contributed by atoms with Gasteiger partial charge in [0, 0.05) is 13.0 Å². The monoisotopic (exact) mass is 782 g/mol. The fourth-order valence-electron chi connectivity index (χ4n) is 5.99. The van der Waals surface area contributed by atoms with Gasteiger partial charge in [0.15, 0.2) is 6.10 Å². The number of nitrogens with two attached hydrogens (primary N) is 1. The Bertz CT molecular complexity index is 968. The van der Waals surface area contributed by atoms with Crippen LogP contribution in [0.2, 0.25) is 0 Å². The minimum Gasteiger partial charge on any atom is -0.498 e. The molecule has 2 unspecified atom stereocenters. The third-order valence-corrected chi connectivity index (χ3v) is 10.3. The molecule has 0 radical (unpaired) electrons. The fraction of sp³-hybridized carbons (Fsp3) is 0.800. The Morgan fingerprint density at radius 2 is 1.00 bits per heavy atom. The van der Waals surface area contributed by atoms with Crippen molar-refractivity contribution >= 4 is 13.8 Å². The first-order valence-corrected chi connectivity index (χ1v) is 23.7. The summed E-state index contributed by atoms with van der Waals surface area (Å²) >= 11 is 0. The second-order valence-electron chi connectivity index (χ2n) is 14.6. The topological polar surface area (TPSA) is 117 Å². The fourth-order valence-corrected chi connectivity index (χ4v) is 6.75. The first kappa shape index (κ1) is 52.3. The van der Waals surface area contributed by atoms with Crippen molar-refractivity contribution in [3.05, 3.63) is 48.8 Å². The van der Waals surface area contributed by atoms with E-state index in [9.17, 15) is 14.3 Å². The molecule has 0 heterocycles. The van der Waals surface area contributed by atoms with E-state index in [0.29, 0.717) is 6.42 Å². The highest BCUT2D eigenvalue weighted by molar-refractivity contribution is 7.47. The molecule has 0 aliphatic carbocycles. The van der Waals surface area contributed by atoms with Gasteiger partial charge in [-0.25, -0.2) is 4.57 Å². The van der Waals surface area contributed by atoms with Crippen molar-refractivity contribution < 1.29 is 32.8 Å². The van der Waals surface area contributed by atoms with Gasteiger partial charge in [0.2, 0.25) is 0 Å². The molecule has 0 amide bonds. The Morgan fingerprint density at radius 1 is 0.574 bits per heavy atom. The van der Waals surface area contributed by atoms with E-state index >= 15 is 0 Å². The van der Waals surface area contributed by atoms with Crippen LogP contribution in [0.1, 0.15) is 200 Å². The molecule has 0 aromatic carbocycles. The lowest BCUT2D eigenvalue weighted by atomic mass is 10.1. The van der Waals surface area contributed by atoms with Gasteiger partial charge in [0.1, 0.15) is 6.61 Å². The maximum Gasteiger partial charge on any atom is 0.472 e. The van der Waals surface area contributed by atoms with E-state index < -0.39 is 13.9 Å². The van der Waals surface area contributed by atoms with Crippen molar-refractivity contribution in [1.29, 1.82) is 0 Å². The highest BCUT2D eigenvalue weighted by atomic mass is 31.2. The third-order valence-electron chi connectivity index (χ3n) is 9.28. The van der Waals surface area contributed by atoms with Crippen LogP contribution in [-0.2, 0) is 27.9 Å². The van der Waals surface area contributed by atoms with E-state index in [1.54, 1.807) is 6.26 Å². The Labute approximate surface area is 332 Å². The predicted octanol–water partition coefficient (Wildman–Crippen LogP) is 13.5. The summed E-state index contributed by atoms with van der Waals surface area (Å²) in [7, 11) is -4.30. The van der Waals surface area contributed by atoms with Crippen molar-refractivity contribution in [3.8, 4) is 0 Å². The lowest BCUT2D eigenvalue weighted by Crippen LogP contribution is -2.27. The zero-order valence-corrected chi connectivity index (χ0v) is 35.8. The third kappa shape index (κ3) is 41.5. The predicted molar refractivity (Wildman–Crippen MR) is 228 cm³/mol. The molecule has 0 rings (SSSR count). The summed E-state index contributed by atoms with van der Waals surface area (Å²) in [5, 5.41) is 0. The largest absolute Gasteiger partial charge is 0.498 e. The smallest absolute Gasteiger partial charge is 0.472 e. The molecule has 3 N–H and O–H groups in total. The van der Waals surface area contributed by atoms with Gasteiger partial charge in [-0.3, -0.25) is 13.8 Å². The molecule has 0 aliphatic rings. The van der Waals surface area contributed by atoms with E-state index in [2.05, 4.69) is 50.3 Å². The second-order valence-corrected chi connectivity index (χ2v) is 16.1. The lowest BCUT2D eigenvalue weighted by molar-refractivity contribution is -0.153. The normalized spacial score (nSPS) is 13.9. The molecule has 0 saturated carbocycles. The molecule has 0 aromatic rings. The molecule has 0 bridgehead atoms. The number of unbranched alkanes of at least 4 members (excludes halogenated alkanes) is 23. The van der Waals surface area contributed by atoms with Crippen LogP contribution in [-0.4, -0.2) is 43.3 Å². The average molecular weight is 782 g/mol. The van der Waals surface area contributed by atoms with Crippen LogP contribution >= 0.6 is 7.82 Å². The van der Waals surface area contributed by atoms with Gasteiger partial charge < -0.3 is 20.1 Å². The van der Waals surface area contributed by atoms with Gasteiger partial charge in [-0.15, -0.1) is 0 Å². The summed E-state index contributed by atoms with van der Waals surface area (Å²) in [5.74, 6) is -0.360. The lowest BCUT2D eigenvalue weighted by Gasteiger charge is -2.19. The summed E-state index contributed by atoms with van der Waals surface area (Å²) in [6, 6.07) is 0. The van der Waals surface area contributed by atoms with Gasteiger partial charge in [-0.05, 0) is 83.1 Å². The first-order chi connectivity index (χ1) is 26.4. The number of hydrogen-bond acceptors (Lipinski definition) is 7. The van der Waals surface area contributed by atoms with E-state index in [1.807, 2.05) is 6.08 Å². The molecule has 9 heteroatoms. The quantitative estimate of drug-likeness (QED) is 0.0207. The Morgan fingerprint density at radius 3 is 1.52 bits per heavy atom. The average Bonchev–Trinajstić information content (AvgIpc) is 3.16. The number of rotatable bonds is 42. The second kappa shape index (κ2) is 42.4. The van der Waals surface area contributed by atoms with Crippen LogP contribution in [0.3, 0.4) is 0 Å². The van der Waals surface area contributed by atoms with E-state index in [1.165, 1.54) is 135 Å². The number of carbonyl (C=O) groups is 1. The molecule has 0 fully saturated rings. The van der Waals surface area contributed by atoms with Crippen LogP contribution in [0.5, 0.6) is 0 Å². The zero-order chi connectivity index (χ0) is 39.5. The summed E-state index contributed by atoms with van der Waals surface area (Å²) in [4.78, 5) is 22.5. The van der Waals surface area contributed by atoms with E-state index in [4.69, 9.17) is 24.3 Å². The van der Waals surface area contributed by atoms with Crippen molar-refractivity contribution in [3.63, 3.8) is 0 Å². The Hall–Kier alpha value is -1.70. The SMILES string of the molecule is CCCCCC=CCC=CCCCCCCCCCCCC(=O)OC(COC=CCCCCCCC=CCCCCCCCC)COP(=O)(O)OCCN. The van der Waals surface area contributed by atoms with Gasteiger partial charge >= 0.3 is 13.8 Å². The molecule has 316 valence electrons. The maximum absolute atomic E-state index is 12.6. The summed E-state index contributed by atoms with van der Waals surface area (Å²) in [6.07, 6.45) is 50.7. The van der Waals surface area contributed by atoms with Crippen molar-refractivity contribution in [2.24, 2.45) is 5.73 Å². The van der Waals surface area contributed by atoms with Crippen LogP contribution < -0.4 is 5.73 Å². The number of ether oxygens (including phenoxy) is 2. The molecular formula is C45H84NO7P. The summed E-state index contributed by atoms with van der Waals surface area (Å²) < 4.78 is 33.2. The van der Waals surface area contributed by atoms with Crippen LogP contribution in [0.25, 0.3) is 0 Å². The van der Waals surface area contributed by atoms with Crippen LogP contribution in [0, 0.1) is 0 Å². The first-order valence-electron chi connectivity index (χ1n) is 22.2. The minimum atomic E-state index is -4.30. The highest BCUT2D eigenvalue weighted by Crippen LogP contribution is 2.43. The number of esters is 1. The van der Waals surface area contributed by atoms with Crippen molar-refractivity contribution in [2.75, 3.05) is 26.4 Å². The molecule has 54 heavy (non-hydrogen) atoms. The number of phosphoric acid groups is 1. The van der Waals surface area contributed by atoms with Crippen LogP contribution in [0.15, 0.2) is 48.8 Å². The molecule has 0 aliphatic heterocycles. The van der Waals surface area contributed by atoms with Gasteiger partial charge in [0.05, 0.1) is 19.5 Å².